The van der Waals surface area contributed by atoms with Crippen LogP contribution in [-0.2, 0) is 0 Å². The van der Waals surface area contributed by atoms with Crippen LogP contribution in [-0.4, -0.2) is 27.5 Å². The summed E-state index contributed by atoms with van der Waals surface area (Å²) in [6.45, 7) is 0.568. The minimum atomic E-state index is -0.433. The number of aromatic nitrogens is 2. The number of carbonyl (C=O) groups is 1. The molecule has 0 radical (unpaired) electrons. The quantitative estimate of drug-likeness (QED) is 0.643. The van der Waals surface area contributed by atoms with Crippen LogP contribution in [0.15, 0.2) is 53.1 Å². The zero-order valence-electron chi connectivity index (χ0n) is 14.4. The molecule has 4 rings (SSSR count). The highest BCUT2D eigenvalue weighted by molar-refractivity contribution is 6.30. The van der Waals surface area contributed by atoms with E-state index in [1.165, 1.54) is 18.2 Å². The van der Waals surface area contributed by atoms with Crippen LogP contribution in [0, 0.1) is 5.82 Å². The fraction of sp³-hybridized carbons (Fsp3) is 0.250. The van der Waals surface area contributed by atoms with Gasteiger partial charge in [0.15, 0.2) is 0 Å². The van der Waals surface area contributed by atoms with E-state index in [1.54, 1.807) is 23.1 Å². The number of likely N-dealkylation sites (tertiary alicyclic amines) is 1. The zero-order chi connectivity index (χ0) is 18.8. The second-order valence-corrected chi connectivity index (χ2v) is 6.92. The van der Waals surface area contributed by atoms with Gasteiger partial charge in [-0.2, -0.15) is 4.98 Å². The predicted molar refractivity (Wildman–Crippen MR) is 98.8 cm³/mol. The lowest BCUT2D eigenvalue weighted by Gasteiger charge is -2.33. The van der Waals surface area contributed by atoms with Crippen molar-refractivity contribution in [2.24, 2.45) is 0 Å². The summed E-state index contributed by atoms with van der Waals surface area (Å²) in [4.78, 5) is 19.1. The Morgan fingerprint density at radius 2 is 2.00 bits per heavy atom. The number of amides is 1. The first-order valence-electron chi connectivity index (χ1n) is 8.78. The van der Waals surface area contributed by atoms with Crippen molar-refractivity contribution in [2.75, 3.05) is 6.54 Å². The second-order valence-electron chi connectivity index (χ2n) is 6.48. The van der Waals surface area contributed by atoms with Crippen LogP contribution in [0.5, 0.6) is 0 Å². The lowest BCUT2D eigenvalue weighted by Crippen LogP contribution is -2.38. The van der Waals surface area contributed by atoms with Gasteiger partial charge in [0.25, 0.3) is 5.91 Å². The maximum Gasteiger partial charge on any atom is 0.254 e. The highest BCUT2D eigenvalue weighted by Gasteiger charge is 2.32. The van der Waals surface area contributed by atoms with Crippen molar-refractivity contribution in [2.45, 2.75) is 25.3 Å². The first-order valence-corrected chi connectivity index (χ1v) is 9.16. The average molecular weight is 386 g/mol. The Morgan fingerprint density at radius 1 is 1.19 bits per heavy atom. The molecule has 1 atom stereocenters. The van der Waals surface area contributed by atoms with Gasteiger partial charge in [-0.05, 0) is 61.7 Å². The summed E-state index contributed by atoms with van der Waals surface area (Å²) in [7, 11) is 0. The third kappa shape index (κ3) is 3.71. The number of piperidine rings is 1. The van der Waals surface area contributed by atoms with E-state index in [2.05, 4.69) is 10.1 Å². The van der Waals surface area contributed by atoms with E-state index in [4.69, 9.17) is 16.1 Å². The molecular weight excluding hydrogens is 369 g/mol. The van der Waals surface area contributed by atoms with Crippen molar-refractivity contribution in [3.05, 3.63) is 70.8 Å². The molecule has 0 saturated carbocycles. The Balaban J connectivity index is 1.61. The van der Waals surface area contributed by atoms with Gasteiger partial charge in [-0.15, -0.1) is 0 Å². The Kier molecular flexibility index (Phi) is 4.90. The maximum absolute atomic E-state index is 13.5. The number of halogens is 2. The summed E-state index contributed by atoms with van der Waals surface area (Å²) in [6.07, 6.45) is 2.56. The summed E-state index contributed by atoms with van der Waals surface area (Å²) in [5, 5.41) is 4.67. The second kappa shape index (κ2) is 7.48. The van der Waals surface area contributed by atoms with E-state index in [0.717, 1.165) is 24.8 Å². The van der Waals surface area contributed by atoms with Gasteiger partial charge in [-0.25, -0.2) is 4.39 Å². The van der Waals surface area contributed by atoms with Crippen LogP contribution in [0.1, 0.15) is 41.6 Å². The standard InChI is InChI=1S/C20H17ClFN3O2/c21-15-9-7-13(8-10-15)18-23-19(27-24-18)17-6-1-2-11-25(17)20(26)14-4-3-5-16(22)12-14/h3-5,7-10,12,17H,1-2,6,11H2. The number of rotatable bonds is 3. The van der Waals surface area contributed by atoms with Crippen LogP contribution in [0.3, 0.4) is 0 Å². The summed E-state index contributed by atoms with van der Waals surface area (Å²) in [5.74, 6) is 0.178. The number of carbonyl (C=O) groups excluding carboxylic acids is 1. The molecule has 0 spiro atoms. The van der Waals surface area contributed by atoms with Crippen molar-refractivity contribution >= 4 is 17.5 Å². The van der Waals surface area contributed by atoms with Gasteiger partial charge in [-0.3, -0.25) is 4.79 Å². The molecule has 0 bridgehead atoms. The van der Waals surface area contributed by atoms with Crippen LogP contribution in [0.25, 0.3) is 11.4 Å². The molecule has 3 aromatic rings. The molecule has 138 valence electrons. The van der Waals surface area contributed by atoms with Crippen molar-refractivity contribution in [1.82, 2.24) is 15.0 Å². The van der Waals surface area contributed by atoms with E-state index in [0.29, 0.717) is 28.8 Å². The normalized spacial score (nSPS) is 17.1. The lowest BCUT2D eigenvalue weighted by atomic mass is 10.0. The number of hydrogen-bond donors (Lipinski definition) is 0. The summed E-state index contributed by atoms with van der Waals surface area (Å²) < 4.78 is 19.0. The third-order valence-electron chi connectivity index (χ3n) is 4.66. The molecule has 1 saturated heterocycles. The Morgan fingerprint density at radius 3 is 2.78 bits per heavy atom. The van der Waals surface area contributed by atoms with Gasteiger partial charge >= 0.3 is 0 Å². The molecule has 27 heavy (non-hydrogen) atoms. The molecule has 2 aromatic carbocycles. The van der Waals surface area contributed by atoms with Crippen molar-refractivity contribution in [3.8, 4) is 11.4 Å². The van der Waals surface area contributed by atoms with Gasteiger partial charge in [-0.1, -0.05) is 22.8 Å². The molecule has 1 aromatic heterocycles. The molecular formula is C20H17ClFN3O2. The molecule has 7 heteroatoms. The first kappa shape index (κ1) is 17.7. The molecule has 2 heterocycles. The minimum absolute atomic E-state index is 0.231. The Labute approximate surface area is 160 Å². The Bertz CT molecular complexity index is 958. The number of nitrogens with zero attached hydrogens (tertiary/aromatic N) is 3. The summed E-state index contributed by atoms with van der Waals surface area (Å²) in [5.41, 5.74) is 1.10. The fourth-order valence-corrected chi connectivity index (χ4v) is 3.43. The minimum Gasteiger partial charge on any atom is -0.337 e. The van der Waals surface area contributed by atoms with E-state index >= 15 is 0 Å². The fourth-order valence-electron chi connectivity index (χ4n) is 3.31. The van der Waals surface area contributed by atoms with Gasteiger partial charge in [0.2, 0.25) is 11.7 Å². The lowest BCUT2D eigenvalue weighted by molar-refractivity contribution is 0.0561. The largest absolute Gasteiger partial charge is 0.337 e. The topological polar surface area (TPSA) is 59.2 Å². The Hall–Kier alpha value is -2.73. The highest BCUT2D eigenvalue weighted by Crippen LogP contribution is 2.32. The van der Waals surface area contributed by atoms with Crippen LogP contribution < -0.4 is 0 Å². The molecule has 5 nitrogen and oxygen atoms in total. The van der Waals surface area contributed by atoms with Crippen molar-refractivity contribution < 1.29 is 13.7 Å². The number of benzene rings is 2. The van der Waals surface area contributed by atoms with E-state index in [1.807, 2.05) is 12.1 Å². The molecule has 0 N–H and O–H groups in total. The van der Waals surface area contributed by atoms with Gasteiger partial charge in [0.05, 0.1) is 0 Å². The van der Waals surface area contributed by atoms with Crippen molar-refractivity contribution in [3.63, 3.8) is 0 Å². The van der Waals surface area contributed by atoms with Crippen LogP contribution >= 0.6 is 11.6 Å². The molecule has 1 fully saturated rings. The molecule has 1 amide bonds. The molecule has 0 aliphatic carbocycles. The van der Waals surface area contributed by atoms with Gasteiger partial charge in [0, 0.05) is 22.7 Å². The SMILES string of the molecule is O=C(c1cccc(F)c1)N1CCCCC1c1nc(-c2ccc(Cl)cc2)no1. The predicted octanol–water partition coefficient (Wildman–Crippen LogP) is 4.90. The van der Waals surface area contributed by atoms with E-state index < -0.39 is 5.82 Å². The van der Waals surface area contributed by atoms with Crippen LogP contribution in [0.2, 0.25) is 5.02 Å². The highest BCUT2D eigenvalue weighted by atomic mass is 35.5. The smallest absolute Gasteiger partial charge is 0.254 e. The average Bonchev–Trinajstić information content (AvgIpc) is 3.18. The number of hydrogen-bond acceptors (Lipinski definition) is 4. The molecule has 1 unspecified atom stereocenters. The van der Waals surface area contributed by atoms with Gasteiger partial charge < -0.3 is 9.42 Å². The summed E-state index contributed by atoms with van der Waals surface area (Å²) >= 11 is 5.91. The van der Waals surface area contributed by atoms with E-state index in [9.17, 15) is 9.18 Å². The van der Waals surface area contributed by atoms with E-state index in [-0.39, 0.29) is 11.9 Å². The van der Waals surface area contributed by atoms with Crippen molar-refractivity contribution in [1.29, 1.82) is 0 Å². The molecule has 1 aliphatic heterocycles. The maximum atomic E-state index is 13.5. The monoisotopic (exact) mass is 385 g/mol. The first-order chi connectivity index (χ1) is 13.1. The third-order valence-corrected chi connectivity index (χ3v) is 4.92. The molecule has 1 aliphatic rings. The zero-order valence-corrected chi connectivity index (χ0v) is 15.2. The van der Waals surface area contributed by atoms with Crippen LogP contribution in [0.4, 0.5) is 4.39 Å². The summed E-state index contributed by atoms with van der Waals surface area (Å²) in [6, 6.07) is 12.5. The van der Waals surface area contributed by atoms with Gasteiger partial charge in [0.1, 0.15) is 11.9 Å².